The summed E-state index contributed by atoms with van der Waals surface area (Å²) in [6.45, 7) is 4.57. The second kappa shape index (κ2) is 7.45. The highest BCUT2D eigenvalue weighted by Crippen LogP contribution is 2.24. The molecule has 1 saturated heterocycles. The summed E-state index contributed by atoms with van der Waals surface area (Å²) in [6.07, 6.45) is 6.86. The summed E-state index contributed by atoms with van der Waals surface area (Å²) in [5, 5.41) is 4.41. The lowest BCUT2D eigenvalue weighted by Crippen LogP contribution is -2.45. The van der Waals surface area contributed by atoms with Crippen LogP contribution in [0.25, 0.3) is 0 Å². The molecule has 1 atom stereocenters. The number of aromatic nitrogens is 3. The van der Waals surface area contributed by atoms with Crippen molar-refractivity contribution in [3.05, 3.63) is 41.9 Å². The number of rotatable bonds is 4. The average Bonchev–Trinajstić information content (AvgIpc) is 3.31. The zero-order valence-corrected chi connectivity index (χ0v) is 15.2. The van der Waals surface area contributed by atoms with Crippen LogP contribution in [0.4, 0.5) is 0 Å². The van der Waals surface area contributed by atoms with Gasteiger partial charge in [-0.2, -0.15) is 5.10 Å². The van der Waals surface area contributed by atoms with E-state index in [2.05, 4.69) is 15.0 Å². The Morgan fingerprint density at radius 3 is 2.88 bits per heavy atom. The van der Waals surface area contributed by atoms with Gasteiger partial charge in [-0.1, -0.05) is 0 Å². The van der Waals surface area contributed by atoms with Gasteiger partial charge >= 0.3 is 0 Å². The number of amides is 1. The van der Waals surface area contributed by atoms with Gasteiger partial charge in [0.1, 0.15) is 5.56 Å². The fourth-order valence-corrected chi connectivity index (χ4v) is 3.99. The van der Waals surface area contributed by atoms with Crippen LogP contribution < -0.4 is 4.74 Å². The smallest absolute Gasteiger partial charge is 0.259 e. The molecule has 4 rings (SSSR count). The summed E-state index contributed by atoms with van der Waals surface area (Å²) in [4.78, 5) is 22.1. The van der Waals surface area contributed by atoms with Gasteiger partial charge in [-0.25, -0.2) is 4.98 Å². The highest BCUT2D eigenvalue weighted by Gasteiger charge is 2.32. The van der Waals surface area contributed by atoms with Crippen molar-refractivity contribution in [1.82, 2.24) is 24.6 Å². The summed E-state index contributed by atoms with van der Waals surface area (Å²) in [7, 11) is 1.55. The second-order valence-corrected chi connectivity index (χ2v) is 6.99. The van der Waals surface area contributed by atoms with Crippen molar-refractivity contribution in [2.24, 2.45) is 0 Å². The molecule has 1 unspecified atom stereocenters. The van der Waals surface area contributed by atoms with Gasteiger partial charge < -0.3 is 14.5 Å². The molecule has 2 aromatic rings. The summed E-state index contributed by atoms with van der Waals surface area (Å²) < 4.78 is 7.34. The number of aryl methyl sites for hydroxylation is 1. The van der Waals surface area contributed by atoms with Crippen LogP contribution in [0, 0.1) is 0 Å². The van der Waals surface area contributed by atoms with Crippen molar-refractivity contribution in [1.29, 1.82) is 0 Å². The Bertz CT molecular complexity index is 769. The molecule has 0 aromatic carbocycles. The Morgan fingerprint density at radius 1 is 1.23 bits per heavy atom. The van der Waals surface area contributed by atoms with Crippen LogP contribution >= 0.6 is 0 Å². The Balaban J connectivity index is 1.64. The van der Waals surface area contributed by atoms with Crippen LogP contribution in [0.15, 0.2) is 30.6 Å². The summed E-state index contributed by atoms with van der Waals surface area (Å²) in [6, 6.07) is 5.74. The van der Waals surface area contributed by atoms with Crippen molar-refractivity contribution in [2.45, 2.75) is 38.4 Å². The number of nitrogens with zero attached hydrogens (tertiary/aromatic N) is 5. The fraction of sp³-hybridized carbons (Fsp3) is 0.526. The van der Waals surface area contributed by atoms with E-state index in [9.17, 15) is 4.79 Å². The third-order valence-corrected chi connectivity index (χ3v) is 5.38. The average molecular weight is 355 g/mol. The molecule has 2 aromatic heterocycles. The molecule has 7 heteroatoms. The van der Waals surface area contributed by atoms with Gasteiger partial charge in [0.25, 0.3) is 5.91 Å². The first kappa shape index (κ1) is 17.0. The minimum Gasteiger partial charge on any atom is -0.480 e. The molecule has 0 bridgehead atoms. The highest BCUT2D eigenvalue weighted by atomic mass is 16.5. The van der Waals surface area contributed by atoms with Crippen LogP contribution in [0.3, 0.4) is 0 Å². The maximum Gasteiger partial charge on any atom is 0.259 e. The summed E-state index contributed by atoms with van der Waals surface area (Å²) in [5.74, 6) is 0.365. The van der Waals surface area contributed by atoms with Gasteiger partial charge in [-0.3, -0.25) is 9.48 Å². The van der Waals surface area contributed by atoms with E-state index in [-0.39, 0.29) is 11.9 Å². The number of hydrogen-bond donors (Lipinski definition) is 0. The van der Waals surface area contributed by atoms with E-state index >= 15 is 0 Å². The third-order valence-electron chi connectivity index (χ3n) is 5.38. The molecule has 0 spiro atoms. The molecule has 26 heavy (non-hydrogen) atoms. The van der Waals surface area contributed by atoms with E-state index in [1.54, 1.807) is 25.4 Å². The van der Waals surface area contributed by atoms with Crippen LogP contribution in [0.1, 0.15) is 35.3 Å². The Labute approximate surface area is 153 Å². The minimum atomic E-state index is -0.0196. The van der Waals surface area contributed by atoms with Crippen molar-refractivity contribution in [3.8, 4) is 5.88 Å². The number of pyridine rings is 1. The van der Waals surface area contributed by atoms with E-state index in [0.29, 0.717) is 18.0 Å². The van der Waals surface area contributed by atoms with Crippen LogP contribution in [-0.2, 0) is 13.1 Å². The molecule has 0 aliphatic carbocycles. The Hall–Kier alpha value is -2.41. The van der Waals surface area contributed by atoms with Gasteiger partial charge in [-0.15, -0.1) is 0 Å². The quantitative estimate of drug-likeness (QED) is 0.837. The van der Waals surface area contributed by atoms with Crippen LogP contribution in [0.5, 0.6) is 5.88 Å². The normalized spacial score (nSPS) is 20.7. The number of fused-ring (bicyclic) bond motifs is 1. The molecule has 2 aliphatic rings. The van der Waals surface area contributed by atoms with Crippen molar-refractivity contribution in [3.63, 3.8) is 0 Å². The molecule has 0 radical (unpaired) electrons. The predicted molar refractivity (Wildman–Crippen MR) is 97.0 cm³/mol. The van der Waals surface area contributed by atoms with E-state index in [1.807, 2.05) is 21.8 Å². The predicted octanol–water partition coefficient (Wildman–Crippen LogP) is 1.80. The van der Waals surface area contributed by atoms with Gasteiger partial charge in [0.05, 0.1) is 19.3 Å². The lowest BCUT2D eigenvalue weighted by molar-refractivity contribution is 0.0611. The zero-order chi connectivity index (χ0) is 17.9. The second-order valence-electron chi connectivity index (χ2n) is 6.99. The standard InChI is InChI=1S/C19H25N5O2/c1-26-18-17(5-4-8-20-18)19(25)23-14-16-6-9-21-24(16)12-7-15(23)13-22-10-2-3-11-22/h4-6,8-9,15H,2-3,7,10-14H2,1H3. The van der Waals surface area contributed by atoms with Gasteiger partial charge in [0.2, 0.25) is 5.88 Å². The molecular weight excluding hydrogens is 330 g/mol. The molecule has 1 fully saturated rings. The SMILES string of the molecule is COc1ncccc1C(=O)N1Cc2ccnn2CCC1CN1CCCC1. The van der Waals surface area contributed by atoms with Crippen LogP contribution in [0.2, 0.25) is 0 Å². The first-order valence-corrected chi connectivity index (χ1v) is 9.29. The topological polar surface area (TPSA) is 63.5 Å². The summed E-state index contributed by atoms with van der Waals surface area (Å²) in [5.41, 5.74) is 1.60. The maximum atomic E-state index is 13.4. The monoisotopic (exact) mass is 355 g/mol. The molecule has 7 nitrogen and oxygen atoms in total. The summed E-state index contributed by atoms with van der Waals surface area (Å²) >= 11 is 0. The minimum absolute atomic E-state index is 0.0196. The maximum absolute atomic E-state index is 13.4. The van der Waals surface area contributed by atoms with Crippen molar-refractivity contribution in [2.75, 3.05) is 26.7 Å². The largest absolute Gasteiger partial charge is 0.480 e. The van der Waals surface area contributed by atoms with E-state index in [4.69, 9.17) is 4.74 Å². The number of carbonyl (C=O) groups excluding carboxylic acids is 1. The lowest BCUT2D eigenvalue weighted by atomic mass is 10.1. The molecule has 4 heterocycles. The van der Waals surface area contributed by atoms with Crippen molar-refractivity contribution >= 4 is 5.91 Å². The molecule has 1 amide bonds. The van der Waals surface area contributed by atoms with Crippen LogP contribution in [-0.4, -0.2) is 63.3 Å². The Kier molecular flexibility index (Phi) is 4.88. The lowest BCUT2D eigenvalue weighted by Gasteiger charge is -2.33. The third kappa shape index (κ3) is 3.31. The number of likely N-dealkylation sites (tertiary alicyclic amines) is 1. The molecule has 138 valence electrons. The molecular formula is C19H25N5O2. The van der Waals surface area contributed by atoms with E-state index < -0.39 is 0 Å². The number of methoxy groups -OCH3 is 1. The van der Waals surface area contributed by atoms with Gasteiger partial charge in [0.15, 0.2) is 0 Å². The first-order valence-electron chi connectivity index (χ1n) is 9.29. The number of hydrogen-bond acceptors (Lipinski definition) is 5. The molecule has 2 aliphatic heterocycles. The van der Waals surface area contributed by atoms with Gasteiger partial charge in [-0.05, 0) is 50.6 Å². The van der Waals surface area contributed by atoms with Crippen molar-refractivity contribution < 1.29 is 9.53 Å². The number of ether oxygens (including phenoxy) is 1. The molecule has 0 N–H and O–H groups in total. The highest BCUT2D eigenvalue weighted by molar-refractivity contribution is 5.96. The Morgan fingerprint density at radius 2 is 2.08 bits per heavy atom. The fourth-order valence-electron chi connectivity index (χ4n) is 3.99. The van der Waals surface area contributed by atoms with Gasteiger partial charge in [0, 0.05) is 31.5 Å². The van der Waals surface area contributed by atoms with E-state index in [0.717, 1.165) is 38.3 Å². The van der Waals surface area contributed by atoms with E-state index in [1.165, 1.54) is 12.8 Å². The molecule has 0 saturated carbocycles. The zero-order valence-electron chi connectivity index (χ0n) is 15.2. The number of carbonyl (C=O) groups is 1. The first-order chi connectivity index (χ1) is 12.8.